The largest absolute Gasteiger partial charge is 1.00 e. The summed E-state index contributed by atoms with van der Waals surface area (Å²) in [5.74, 6) is 0. The molecule has 0 heterocycles. The van der Waals surface area contributed by atoms with Gasteiger partial charge in [-0.25, -0.2) is 0 Å². The minimum Gasteiger partial charge on any atom is -1.00 e. The van der Waals surface area contributed by atoms with E-state index in [1.165, 1.54) is 46.7 Å². The quantitative estimate of drug-likeness (QED) is 0.240. The molecule has 5 rings (SSSR count). The van der Waals surface area contributed by atoms with Gasteiger partial charge in [0.2, 0.25) is 0 Å². The number of hydrogen-bond donors (Lipinski definition) is 0. The van der Waals surface area contributed by atoms with Gasteiger partial charge in [-0.15, -0.1) is 69.4 Å². The Bertz CT molecular complexity index is 1300. The Morgan fingerprint density at radius 2 is 1.08 bits per heavy atom. The van der Waals surface area contributed by atoms with Crippen LogP contribution in [-0.2, 0) is 35.1 Å². The molecular formula is C33H38Cl2Zr-2. The van der Waals surface area contributed by atoms with Crippen molar-refractivity contribution in [2.45, 2.75) is 66.2 Å². The Kier molecular flexibility index (Phi) is 12.0. The van der Waals surface area contributed by atoms with Crippen molar-refractivity contribution < 1.29 is 49.0 Å². The van der Waals surface area contributed by atoms with Gasteiger partial charge in [0.1, 0.15) is 0 Å². The Labute approximate surface area is 245 Å². The van der Waals surface area contributed by atoms with Crippen LogP contribution in [-0.4, -0.2) is 3.21 Å². The molecule has 0 unspecified atom stereocenters. The molecule has 190 valence electrons. The number of benzene rings is 3. The van der Waals surface area contributed by atoms with Crippen LogP contribution in [0.15, 0.2) is 84.9 Å². The molecule has 5 aromatic rings. The fourth-order valence-electron chi connectivity index (χ4n) is 4.03. The third-order valence-corrected chi connectivity index (χ3v) is 5.98. The van der Waals surface area contributed by atoms with Crippen LogP contribution in [0.3, 0.4) is 0 Å². The first-order valence-corrected chi connectivity index (χ1v) is 13.4. The van der Waals surface area contributed by atoms with Gasteiger partial charge in [-0.05, 0) is 10.8 Å². The summed E-state index contributed by atoms with van der Waals surface area (Å²) in [4.78, 5) is 0. The first-order valence-electron chi connectivity index (χ1n) is 12.1. The zero-order valence-corrected chi connectivity index (χ0v) is 26.8. The molecule has 0 fully saturated rings. The van der Waals surface area contributed by atoms with Gasteiger partial charge in [0.15, 0.2) is 0 Å². The molecular weight excluding hydrogens is 558 g/mol. The fraction of sp³-hybridized carbons (Fsp3) is 0.303. The molecule has 0 aliphatic heterocycles. The van der Waals surface area contributed by atoms with Gasteiger partial charge in [0.25, 0.3) is 0 Å². The van der Waals surface area contributed by atoms with E-state index in [0.29, 0.717) is 0 Å². The molecule has 36 heavy (non-hydrogen) atoms. The van der Waals surface area contributed by atoms with E-state index >= 15 is 0 Å². The summed E-state index contributed by atoms with van der Waals surface area (Å²) >= 11 is 1.55. The van der Waals surface area contributed by atoms with Gasteiger partial charge in [0.05, 0.1) is 0 Å². The average molecular weight is 597 g/mol. The minimum atomic E-state index is 0. The van der Waals surface area contributed by atoms with E-state index < -0.39 is 0 Å². The Balaban J connectivity index is 0.000000360. The molecule has 0 saturated carbocycles. The van der Waals surface area contributed by atoms with Crippen molar-refractivity contribution in [2.24, 2.45) is 0 Å². The summed E-state index contributed by atoms with van der Waals surface area (Å²) in [5, 5.41) is 8.14. The zero-order valence-electron chi connectivity index (χ0n) is 22.8. The minimum absolute atomic E-state index is 0. The van der Waals surface area contributed by atoms with E-state index in [2.05, 4.69) is 140 Å². The second-order valence-electron chi connectivity index (χ2n) is 11.4. The summed E-state index contributed by atoms with van der Waals surface area (Å²) in [6, 6.07) is 30.8. The van der Waals surface area contributed by atoms with Gasteiger partial charge in [-0.1, -0.05) is 83.0 Å². The maximum Gasteiger partial charge on any atom is -0.0809 e. The summed E-state index contributed by atoms with van der Waals surface area (Å²) in [5.41, 5.74) is 3.21. The molecule has 0 aromatic heterocycles. The Hall–Kier alpha value is -1.53. The van der Waals surface area contributed by atoms with E-state index in [0.717, 1.165) is 0 Å². The first kappa shape index (κ1) is 32.5. The van der Waals surface area contributed by atoms with Crippen molar-refractivity contribution in [1.82, 2.24) is 0 Å². The van der Waals surface area contributed by atoms with Crippen LogP contribution in [0.5, 0.6) is 0 Å². The maximum atomic E-state index is 2.35. The molecule has 0 N–H and O–H groups in total. The summed E-state index contributed by atoms with van der Waals surface area (Å²) < 4.78 is 1.51. The smallest absolute Gasteiger partial charge is 0.0809 e. The number of hydrogen-bond acceptors (Lipinski definition) is 0. The predicted octanol–water partition coefficient (Wildman–Crippen LogP) is 3.62. The van der Waals surface area contributed by atoms with Crippen LogP contribution in [0, 0.1) is 0 Å². The van der Waals surface area contributed by atoms with Crippen LogP contribution in [0.25, 0.3) is 32.3 Å². The van der Waals surface area contributed by atoms with Gasteiger partial charge in [-0.3, -0.25) is 0 Å². The van der Waals surface area contributed by atoms with E-state index in [1.54, 1.807) is 24.2 Å². The average Bonchev–Trinajstić information content (AvgIpc) is 3.36. The van der Waals surface area contributed by atoms with Gasteiger partial charge in [0, 0.05) is 0 Å². The Morgan fingerprint density at radius 3 is 1.50 bits per heavy atom. The molecule has 0 radical (unpaired) electrons. The molecule has 0 amide bonds. The van der Waals surface area contributed by atoms with Crippen LogP contribution < -0.4 is 24.8 Å². The van der Waals surface area contributed by atoms with E-state index in [4.69, 9.17) is 0 Å². The third-order valence-electron chi connectivity index (χ3n) is 5.98. The molecule has 0 nitrogen and oxygen atoms in total. The van der Waals surface area contributed by atoms with Gasteiger partial charge < -0.3 is 24.8 Å². The Morgan fingerprint density at radius 1 is 0.639 bits per heavy atom. The number of fused-ring (bicyclic) bond motifs is 4. The van der Waals surface area contributed by atoms with Crippen LogP contribution >= 0.6 is 0 Å². The molecule has 0 spiro atoms. The second-order valence-corrected chi connectivity index (χ2v) is 13.9. The summed E-state index contributed by atoms with van der Waals surface area (Å²) in [6.45, 7) is 17.9. The van der Waals surface area contributed by atoms with Crippen LogP contribution in [0.1, 0.15) is 66.5 Å². The third kappa shape index (κ3) is 8.51. The molecule has 0 atom stereocenters. The fourth-order valence-corrected chi connectivity index (χ4v) is 4.03. The van der Waals surface area contributed by atoms with Crippen LogP contribution in [0.2, 0.25) is 0 Å². The van der Waals surface area contributed by atoms with Crippen molar-refractivity contribution in [3.05, 3.63) is 96.1 Å². The predicted molar refractivity (Wildman–Crippen MR) is 150 cm³/mol. The zero-order chi connectivity index (χ0) is 25.1. The van der Waals surface area contributed by atoms with Gasteiger partial charge >= 0.3 is 41.3 Å². The van der Waals surface area contributed by atoms with E-state index in [9.17, 15) is 0 Å². The number of halogens is 2. The SMILES string of the molecule is CC(C)(C)c1ccc2c(c1)[cH-]c1cc(C(C)(C)C)ccc12.C[C](C)=[Zr+2].[Cl-].[Cl-].c1ccc2[cH-]ccc2c1. The van der Waals surface area contributed by atoms with Crippen molar-refractivity contribution in [1.29, 1.82) is 0 Å². The first-order chi connectivity index (χ1) is 15.9. The van der Waals surface area contributed by atoms with Gasteiger partial charge in [-0.2, -0.15) is 17.5 Å². The van der Waals surface area contributed by atoms with E-state index in [1.807, 2.05) is 0 Å². The molecule has 0 bridgehead atoms. The van der Waals surface area contributed by atoms with Crippen molar-refractivity contribution in [2.75, 3.05) is 0 Å². The molecule has 0 aliphatic carbocycles. The summed E-state index contributed by atoms with van der Waals surface area (Å²) in [7, 11) is 0. The van der Waals surface area contributed by atoms with Crippen molar-refractivity contribution >= 4 is 35.5 Å². The normalized spacial score (nSPS) is 11.1. The van der Waals surface area contributed by atoms with Crippen LogP contribution in [0.4, 0.5) is 0 Å². The van der Waals surface area contributed by atoms with E-state index in [-0.39, 0.29) is 35.6 Å². The summed E-state index contributed by atoms with van der Waals surface area (Å²) in [6.07, 6.45) is 0. The van der Waals surface area contributed by atoms with Crippen molar-refractivity contribution in [3.63, 3.8) is 0 Å². The second kappa shape index (κ2) is 13.3. The standard InChI is InChI=1S/C21H25.C9H7.C3H6.2ClH.Zr/c1-20(2,3)16-7-9-18-14(12-16)11-15-13-17(21(4,5)6)8-10-19(15)18;1-2-5-9-7-3-6-8(9)4-1;1-3-2;;;/h7-13H,1-6H3;1-7H;1-2H3;2*1H;/q2*-1;;;;+2/p-2. The molecule has 0 saturated heterocycles. The maximum absolute atomic E-state index is 2.35. The topological polar surface area (TPSA) is 0 Å². The van der Waals surface area contributed by atoms with Crippen molar-refractivity contribution in [3.8, 4) is 0 Å². The monoisotopic (exact) mass is 594 g/mol. The molecule has 3 heteroatoms. The number of rotatable bonds is 0. The molecule has 5 aromatic carbocycles. The molecule has 0 aliphatic rings.